The first-order valence-corrected chi connectivity index (χ1v) is 4.97. The number of rotatable bonds is 3. The second-order valence-corrected chi connectivity index (χ2v) is 3.26. The molecule has 0 heterocycles. The summed E-state index contributed by atoms with van der Waals surface area (Å²) in [6.07, 6.45) is 1.99. The molecule has 1 nitrogen and oxygen atoms in total. The molecule has 0 aliphatic heterocycles. The van der Waals surface area contributed by atoms with E-state index in [4.69, 9.17) is 16.3 Å². The van der Waals surface area contributed by atoms with Gasteiger partial charge in [-0.3, -0.25) is 0 Å². The van der Waals surface area contributed by atoms with Crippen LogP contribution < -0.4 is 4.74 Å². The molecule has 0 aromatic heterocycles. The molecule has 0 amide bonds. The van der Waals surface area contributed by atoms with Gasteiger partial charge in [-0.1, -0.05) is 17.7 Å². The SMILES string of the molecule is CSCOc1cccc(Cl)c1. The maximum atomic E-state index is 5.74. The van der Waals surface area contributed by atoms with Gasteiger partial charge in [-0.2, -0.15) is 0 Å². The van der Waals surface area contributed by atoms with Crippen LogP contribution in [0.1, 0.15) is 0 Å². The summed E-state index contributed by atoms with van der Waals surface area (Å²) < 4.78 is 5.31. The zero-order valence-electron chi connectivity index (χ0n) is 6.21. The van der Waals surface area contributed by atoms with Gasteiger partial charge in [0.05, 0.1) is 0 Å². The first-order valence-electron chi connectivity index (χ1n) is 3.20. The van der Waals surface area contributed by atoms with E-state index >= 15 is 0 Å². The van der Waals surface area contributed by atoms with Crippen molar-refractivity contribution in [2.24, 2.45) is 0 Å². The maximum absolute atomic E-state index is 5.74. The predicted molar refractivity (Wildman–Crippen MR) is 50.5 cm³/mol. The fourth-order valence-corrected chi connectivity index (χ4v) is 1.12. The van der Waals surface area contributed by atoms with Crippen LogP contribution in [0.4, 0.5) is 0 Å². The van der Waals surface area contributed by atoms with E-state index in [0.717, 1.165) is 5.75 Å². The van der Waals surface area contributed by atoms with E-state index < -0.39 is 0 Å². The Morgan fingerprint density at radius 2 is 2.36 bits per heavy atom. The minimum absolute atomic E-state index is 0.667. The lowest BCUT2D eigenvalue weighted by molar-refractivity contribution is 0.393. The molecule has 0 spiro atoms. The Hall–Kier alpha value is -0.340. The van der Waals surface area contributed by atoms with Crippen molar-refractivity contribution < 1.29 is 4.74 Å². The molecule has 0 unspecified atom stereocenters. The quantitative estimate of drug-likeness (QED) is 0.675. The lowest BCUT2D eigenvalue weighted by Gasteiger charge is -2.02. The fraction of sp³-hybridized carbons (Fsp3) is 0.250. The van der Waals surface area contributed by atoms with Crippen molar-refractivity contribution in [3.8, 4) is 5.75 Å². The maximum Gasteiger partial charge on any atom is 0.133 e. The van der Waals surface area contributed by atoms with Gasteiger partial charge in [-0.25, -0.2) is 0 Å². The van der Waals surface area contributed by atoms with Gasteiger partial charge in [0.15, 0.2) is 0 Å². The van der Waals surface area contributed by atoms with Crippen LogP contribution in [0.5, 0.6) is 5.75 Å². The van der Waals surface area contributed by atoms with Crippen molar-refractivity contribution in [1.29, 1.82) is 0 Å². The van der Waals surface area contributed by atoms with Gasteiger partial charge in [0.2, 0.25) is 0 Å². The Balaban J connectivity index is 2.56. The highest BCUT2D eigenvalue weighted by Gasteiger charge is 1.92. The van der Waals surface area contributed by atoms with Crippen molar-refractivity contribution in [2.45, 2.75) is 0 Å². The summed E-state index contributed by atoms with van der Waals surface area (Å²) >= 11 is 7.37. The second kappa shape index (κ2) is 4.52. The summed E-state index contributed by atoms with van der Waals surface area (Å²) in [7, 11) is 0. The average Bonchev–Trinajstić information content (AvgIpc) is 2.01. The van der Waals surface area contributed by atoms with Crippen molar-refractivity contribution >= 4 is 23.4 Å². The van der Waals surface area contributed by atoms with Gasteiger partial charge in [0.25, 0.3) is 0 Å². The molecule has 0 saturated heterocycles. The molecule has 11 heavy (non-hydrogen) atoms. The zero-order chi connectivity index (χ0) is 8.10. The highest BCUT2D eigenvalue weighted by atomic mass is 35.5. The van der Waals surface area contributed by atoms with Gasteiger partial charge in [-0.05, 0) is 24.5 Å². The molecule has 0 aliphatic carbocycles. The summed E-state index contributed by atoms with van der Waals surface area (Å²) in [4.78, 5) is 0. The summed E-state index contributed by atoms with van der Waals surface area (Å²) in [6.45, 7) is 0. The standard InChI is InChI=1S/C8H9ClOS/c1-11-6-10-8-4-2-3-7(9)5-8/h2-5H,6H2,1H3. The monoisotopic (exact) mass is 188 g/mol. The van der Waals surface area contributed by atoms with Gasteiger partial charge in [-0.15, -0.1) is 11.8 Å². The summed E-state index contributed by atoms with van der Waals surface area (Å²) in [5.41, 5.74) is 0. The molecule has 0 radical (unpaired) electrons. The minimum atomic E-state index is 0.667. The molecular formula is C8H9ClOS. The highest BCUT2D eigenvalue weighted by Crippen LogP contribution is 2.17. The molecule has 60 valence electrons. The van der Waals surface area contributed by atoms with E-state index in [1.807, 2.05) is 24.5 Å². The summed E-state index contributed by atoms with van der Waals surface area (Å²) in [5, 5.41) is 0.712. The molecule has 0 N–H and O–H groups in total. The molecule has 1 aromatic rings. The van der Waals surface area contributed by atoms with Crippen LogP contribution in [0.3, 0.4) is 0 Å². The predicted octanol–water partition coefficient (Wildman–Crippen LogP) is 3.04. The number of hydrogen-bond donors (Lipinski definition) is 0. The van der Waals surface area contributed by atoms with E-state index in [9.17, 15) is 0 Å². The number of benzene rings is 1. The van der Waals surface area contributed by atoms with Crippen LogP contribution in [0.2, 0.25) is 5.02 Å². The molecule has 1 rings (SSSR count). The van der Waals surface area contributed by atoms with E-state index in [1.165, 1.54) is 0 Å². The summed E-state index contributed by atoms with van der Waals surface area (Å²) in [6, 6.07) is 7.39. The molecule has 3 heteroatoms. The van der Waals surface area contributed by atoms with E-state index in [0.29, 0.717) is 11.0 Å². The largest absolute Gasteiger partial charge is 0.483 e. The van der Waals surface area contributed by atoms with Gasteiger partial charge < -0.3 is 4.74 Å². The zero-order valence-corrected chi connectivity index (χ0v) is 7.78. The average molecular weight is 189 g/mol. The Morgan fingerprint density at radius 1 is 1.55 bits per heavy atom. The van der Waals surface area contributed by atoms with Crippen molar-refractivity contribution in [2.75, 3.05) is 12.2 Å². The summed E-state index contributed by atoms with van der Waals surface area (Å²) in [5.74, 6) is 1.49. The van der Waals surface area contributed by atoms with Gasteiger partial charge >= 0.3 is 0 Å². The molecule has 0 fully saturated rings. The van der Waals surface area contributed by atoms with Gasteiger partial charge in [0, 0.05) is 5.02 Å². The molecule has 0 bridgehead atoms. The Labute approximate surface area is 75.7 Å². The molecule has 1 aromatic carbocycles. The Kier molecular flexibility index (Phi) is 3.60. The van der Waals surface area contributed by atoms with Crippen LogP contribution >= 0.6 is 23.4 Å². The van der Waals surface area contributed by atoms with Crippen LogP contribution in [-0.4, -0.2) is 12.2 Å². The van der Waals surface area contributed by atoms with Crippen molar-refractivity contribution in [3.63, 3.8) is 0 Å². The lowest BCUT2D eigenvalue weighted by Crippen LogP contribution is -1.90. The third kappa shape index (κ3) is 3.04. The molecular weight excluding hydrogens is 180 g/mol. The van der Waals surface area contributed by atoms with Gasteiger partial charge in [0.1, 0.15) is 11.7 Å². The van der Waals surface area contributed by atoms with Crippen LogP contribution in [0.25, 0.3) is 0 Å². The van der Waals surface area contributed by atoms with E-state index in [2.05, 4.69) is 0 Å². The van der Waals surface area contributed by atoms with E-state index in [-0.39, 0.29) is 0 Å². The number of ether oxygens (including phenoxy) is 1. The van der Waals surface area contributed by atoms with Crippen LogP contribution in [0.15, 0.2) is 24.3 Å². The second-order valence-electron chi connectivity index (χ2n) is 2.01. The van der Waals surface area contributed by atoms with Crippen LogP contribution in [0, 0.1) is 0 Å². The third-order valence-corrected chi connectivity index (χ3v) is 1.73. The molecule has 0 aliphatic rings. The smallest absolute Gasteiger partial charge is 0.133 e. The normalized spacial score (nSPS) is 9.64. The number of thioether (sulfide) groups is 1. The number of halogens is 1. The lowest BCUT2D eigenvalue weighted by atomic mass is 10.3. The third-order valence-electron chi connectivity index (χ3n) is 1.14. The topological polar surface area (TPSA) is 9.23 Å². The van der Waals surface area contributed by atoms with Crippen molar-refractivity contribution in [1.82, 2.24) is 0 Å². The number of hydrogen-bond acceptors (Lipinski definition) is 2. The fourth-order valence-electron chi connectivity index (χ4n) is 0.684. The minimum Gasteiger partial charge on any atom is -0.483 e. The van der Waals surface area contributed by atoms with E-state index in [1.54, 1.807) is 17.8 Å². The Morgan fingerprint density at radius 3 is 3.00 bits per heavy atom. The molecule has 0 atom stereocenters. The Bertz CT molecular complexity index is 227. The highest BCUT2D eigenvalue weighted by molar-refractivity contribution is 7.98. The molecule has 0 saturated carbocycles. The first kappa shape index (κ1) is 8.75. The first-order chi connectivity index (χ1) is 5.33. The van der Waals surface area contributed by atoms with Crippen molar-refractivity contribution in [3.05, 3.63) is 29.3 Å². The van der Waals surface area contributed by atoms with Crippen LogP contribution in [-0.2, 0) is 0 Å².